The first-order chi connectivity index (χ1) is 9.72. The molecule has 0 bridgehead atoms. The molecule has 2 unspecified atom stereocenters. The summed E-state index contributed by atoms with van der Waals surface area (Å²) in [6.45, 7) is 2.17. The number of carbonyl (C=O) groups is 1. The van der Waals surface area contributed by atoms with Crippen molar-refractivity contribution in [3.05, 3.63) is 0 Å². The zero-order valence-corrected chi connectivity index (χ0v) is 13.3. The van der Waals surface area contributed by atoms with E-state index in [0.29, 0.717) is 5.25 Å². The van der Waals surface area contributed by atoms with Gasteiger partial charge < -0.3 is 5.32 Å². The highest BCUT2D eigenvalue weighted by atomic mass is 32.2. The fraction of sp³-hybridized carbons (Fsp3) is 0.875. The summed E-state index contributed by atoms with van der Waals surface area (Å²) in [5.41, 5.74) is -0.749. The van der Waals surface area contributed by atoms with Gasteiger partial charge in [0.2, 0.25) is 5.91 Å². The lowest BCUT2D eigenvalue weighted by atomic mass is 9.80. The molecular weight excluding hydrogens is 268 g/mol. The molecule has 2 aliphatic carbocycles. The van der Waals surface area contributed by atoms with Crippen molar-refractivity contribution >= 4 is 17.7 Å². The first-order valence-electron chi connectivity index (χ1n) is 8.05. The number of thioether (sulfide) groups is 1. The van der Waals surface area contributed by atoms with E-state index in [2.05, 4.69) is 18.3 Å². The number of hydrogen-bond acceptors (Lipinski definition) is 3. The third kappa shape index (κ3) is 3.49. The number of nitrogens with zero attached hydrogens (tertiary/aromatic N) is 1. The highest BCUT2D eigenvalue weighted by Crippen LogP contribution is 2.36. The van der Waals surface area contributed by atoms with E-state index in [1.54, 1.807) is 0 Å². The van der Waals surface area contributed by atoms with Gasteiger partial charge in [-0.25, -0.2) is 0 Å². The molecule has 0 aromatic carbocycles. The van der Waals surface area contributed by atoms with Crippen LogP contribution in [0.15, 0.2) is 0 Å². The van der Waals surface area contributed by atoms with Crippen LogP contribution in [0.1, 0.15) is 64.7 Å². The molecule has 0 aromatic heterocycles. The minimum Gasteiger partial charge on any atom is -0.351 e. The predicted octanol–water partition coefficient (Wildman–Crippen LogP) is 3.64. The van der Waals surface area contributed by atoms with E-state index in [1.807, 2.05) is 11.8 Å². The van der Waals surface area contributed by atoms with Gasteiger partial charge in [0.1, 0.15) is 5.41 Å². The smallest absolute Gasteiger partial charge is 0.240 e. The van der Waals surface area contributed by atoms with Crippen LogP contribution in [0, 0.1) is 16.7 Å². The molecule has 20 heavy (non-hydrogen) atoms. The van der Waals surface area contributed by atoms with Crippen LogP contribution >= 0.6 is 11.8 Å². The first-order valence-corrected chi connectivity index (χ1v) is 9.10. The second-order valence-electron chi connectivity index (χ2n) is 6.11. The van der Waals surface area contributed by atoms with Gasteiger partial charge in [0.05, 0.1) is 6.07 Å². The third-order valence-electron chi connectivity index (χ3n) is 4.76. The standard InChI is InChI=1S/C16H26N2OS/c1-2-20-14-9-7-8-13(14)18-15(19)16(12-17)10-5-3-4-6-11-16/h13-14H,2-11H2,1H3,(H,18,19). The minimum absolute atomic E-state index is 0.00973. The zero-order chi connectivity index (χ0) is 14.4. The topological polar surface area (TPSA) is 52.9 Å². The minimum atomic E-state index is -0.749. The lowest BCUT2D eigenvalue weighted by molar-refractivity contribution is -0.129. The lowest BCUT2D eigenvalue weighted by Gasteiger charge is -2.28. The van der Waals surface area contributed by atoms with E-state index in [1.165, 1.54) is 12.8 Å². The maximum atomic E-state index is 12.7. The molecular formula is C16H26N2OS. The predicted molar refractivity (Wildman–Crippen MR) is 83.4 cm³/mol. The molecule has 112 valence electrons. The number of rotatable bonds is 4. The van der Waals surface area contributed by atoms with Crippen LogP contribution in [-0.2, 0) is 4.79 Å². The van der Waals surface area contributed by atoms with Crippen LogP contribution in [0.2, 0.25) is 0 Å². The van der Waals surface area contributed by atoms with Gasteiger partial charge in [-0.2, -0.15) is 17.0 Å². The Bertz CT molecular complexity index is 369. The Morgan fingerprint density at radius 3 is 2.55 bits per heavy atom. The molecule has 0 radical (unpaired) electrons. The summed E-state index contributed by atoms with van der Waals surface area (Å²) in [5.74, 6) is 1.11. The van der Waals surface area contributed by atoms with Crippen LogP contribution in [-0.4, -0.2) is 23.0 Å². The highest BCUT2D eigenvalue weighted by molar-refractivity contribution is 7.99. The molecule has 0 heterocycles. The average Bonchev–Trinajstić information content (AvgIpc) is 2.75. The van der Waals surface area contributed by atoms with Crippen molar-refractivity contribution in [2.24, 2.45) is 5.41 Å². The number of carbonyl (C=O) groups excluding carboxylic acids is 1. The van der Waals surface area contributed by atoms with Crippen LogP contribution in [0.4, 0.5) is 0 Å². The number of hydrogen-bond donors (Lipinski definition) is 1. The third-order valence-corrected chi connectivity index (χ3v) is 6.08. The molecule has 3 nitrogen and oxygen atoms in total. The van der Waals surface area contributed by atoms with E-state index < -0.39 is 5.41 Å². The zero-order valence-electron chi connectivity index (χ0n) is 12.5. The second-order valence-corrected chi connectivity index (χ2v) is 7.63. The molecule has 2 rings (SSSR count). The largest absolute Gasteiger partial charge is 0.351 e. The van der Waals surface area contributed by atoms with Crippen molar-refractivity contribution in [2.75, 3.05) is 5.75 Å². The van der Waals surface area contributed by atoms with Gasteiger partial charge in [0, 0.05) is 11.3 Å². The summed E-state index contributed by atoms with van der Waals surface area (Å²) in [6.07, 6.45) is 9.30. The Morgan fingerprint density at radius 2 is 1.95 bits per heavy atom. The van der Waals surface area contributed by atoms with Crippen LogP contribution in [0.25, 0.3) is 0 Å². The normalized spacial score (nSPS) is 29.4. The van der Waals surface area contributed by atoms with Crippen molar-refractivity contribution in [1.82, 2.24) is 5.32 Å². The van der Waals surface area contributed by atoms with Crippen LogP contribution in [0.5, 0.6) is 0 Å². The van der Waals surface area contributed by atoms with Crippen molar-refractivity contribution in [2.45, 2.75) is 76.0 Å². The summed E-state index contributed by atoms with van der Waals surface area (Å²) in [4.78, 5) is 12.7. The number of nitriles is 1. The van der Waals surface area contributed by atoms with E-state index in [0.717, 1.165) is 50.7 Å². The first kappa shape index (κ1) is 15.7. The molecule has 0 saturated heterocycles. The Kier molecular flexibility index (Phi) is 5.77. The summed E-state index contributed by atoms with van der Waals surface area (Å²) in [6, 6.07) is 2.64. The highest BCUT2D eigenvalue weighted by Gasteiger charge is 2.41. The van der Waals surface area contributed by atoms with E-state index >= 15 is 0 Å². The van der Waals surface area contributed by atoms with Crippen molar-refractivity contribution in [1.29, 1.82) is 5.26 Å². The number of nitrogens with one attached hydrogen (secondary N) is 1. The molecule has 4 heteroatoms. The maximum Gasteiger partial charge on any atom is 0.240 e. The Hall–Kier alpha value is -0.690. The van der Waals surface area contributed by atoms with Crippen molar-refractivity contribution < 1.29 is 4.79 Å². The van der Waals surface area contributed by atoms with E-state index in [9.17, 15) is 10.1 Å². The quantitative estimate of drug-likeness (QED) is 0.805. The molecule has 0 aliphatic heterocycles. The summed E-state index contributed by atoms with van der Waals surface area (Å²) < 4.78 is 0. The monoisotopic (exact) mass is 294 g/mol. The lowest BCUT2D eigenvalue weighted by Crippen LogP contribution is -2.47. The molecule has 1 amide bonds. The van der Waals surface area contributed by atoms with Gasteiger partial charge in [0.25, 0.3) is 0 Å². The SMILES string of the molecule is CCSC1CCCC1NC(=O)C1(C#N)CCCCCC1. The van der Waals surface area contributed by atoms with Crippen molar-refractivity contribution in [3.8, 4) is 6.07 Å². The molecule has 2 saturated carbocycles. The van der Waals surface area contributed by atoms with E-state index in [-0.39, 0.29) is 11.9 Å². The molecule has 1 N–H and O–H groups in total. The van der Waals surface area contributed by atoms with Gasteiger partial charge in [0.15, 0.2) is 0 Å². The fourth-order valence-corrected chi connectivity index (χ4v) is 4.73. The maximum absolute atomic E-state index is 12.7. The summed E-state index contributed by atoms with van der Waals surface area (Å²) >= 11 is 1.95. The van der Waals surface area contributed by atoms with Gasteiger partial charge in [-0.05, 0) is 31.4 Å². The van der Waals surface area contributed by atoms with E-state index in [4.69, 9.17) is 0 Å². The Morgan fingerprint density at radius 1 is 1.25 bits per heavy atom. The van der Waals surface area contributed by atoms with Crippen molar-refractivity contribution in [3.63, 3.8) is 0 Å². The summed E-state index contributed by atoms with van der Waals surface area (Å²) in [5, 5.41) is 13.3. The van der Waals surface area contributed by atoms with Gasteiger partial charge >= 0.3 is 0 Å². The fourth-order valence-electron chi connectivity index (χ4n) is 3.53. The Labute approximate surface area is 126 Å². The Balaban J connectivity index is 2.00. The van der Waals surface area contributed by atoms with Gasteiger partial charge in [-0.15, -0.1) is 0 Å². The molecule has 0 spiro atoms. The summed E-state index contributed by atoms with van der Waals surface area (Å²) in [7, 11) is 0. The molecule has 2 aliphatic rings. The van der Waals surface area contributed by atoms with Crippen LogP contribution in [0.3, 0.4) is 0 Å². The molecule has 2 atom stereocenters. The van der Waals surface area contributed by atoms with Gasteiger partial charge in [-0.3, -0.25) is 4.79 Å². The van der Waals surface area contributed by atoms with Crippen LogP contribution < -0.4 is 5.32 Å². The second kappa shape index (κ2) is 7.36. The molecule has 2 fully saturated rings. The number of amides is 1. The van der Waals surface area contributed by atoms with Gasteiger partial charge in [-0.1, -0.05) is 39.0 Å². The average molecular weight is 294 g/mol. The molecule has 0 aromatic rings.